The molecule has 1 saturated heterocycles. The summed E-state index contributed by atoms with van der Waals surface area (Å²) in [4.78, 5) is 1.38. The van der Waals surface area contributed by atoms with Gasteiger partial charge in [-0.2, -0.15) is 4.31 Å². The van der Waals surface area contributed by atoms with Gasteiger partial charge in [-0.25, -0.2) is 26.4 Å². The smallest absolute Gasteiger partial charge is 0.243 e. The summed E-state index contributed by atoms with van der Waals surface area (Å²) < 4.78 is 63.6. The van der Waals surface area contributed by atoms with Crippen LogP contribution in [-0.4, -0.2) is 47.3 Å². The highest BCUT2D eigenvalue weighted by molar-refractivity contribution is 7.90. The fraction of sp³-hybridized carbons (Fsp3) is 0.250. The molecule has 10 heteroatoms. The summed E-state index contributed by atoms with van der Waals surface area (Å²) in [5.74, 6) is -0.357. The maximum atomic E-state index is 13.9. The molecular weight excluding hydrogens is 381 g/mol. The minimum Gasteiger partial charge on any atom is -0.367 e. The standard InChI is InChI=1S/C16H18FN3O4S2/c17-15-6-1-2-7-16(15)19-8-10-20(11-9-19)26(23,24)14-5-3-4-13(12-14)25(18,21)22/h1-7,12H,8-11H2,(H2,18,21,22). The van der Waals surface area contributed by atoms with Crippen LogP contribution < -0.4 is 10.0 Å². The minimum atomic E-state index is -4.00. The van der Waals surface area contributed by atoms with Crippen LogP contribution in [0.4, 0.5) is 10.1 Å². The van der Waals surface area contributed by atoms with Crippen LogP contribution in [0, 0.1) is 5.82 Å². The molecule has 0 amide bonds. The molecule has 1 aliphatic heterocycles. The number of nitrogens with two attached hydrogens (primary N) is 1. The van der Waals surface area contributed by atoms with Crippen molar-refractivity contribution in [3.05, 3.63) is 54.3 Å². The third kappa shape index (κ3) is 3.73. The number of para-hydroxylation sites is 1. The molecule has 0 radical (unpaired) electrons. The van der Waals surface area contributed by atoms with Crippen LogP contribution in [-0.2, 0) is 20.0 Å². The molecule has 0 saturated carbocycles. The van der Waals surface area contributed by atoms with E-state index < -0.39 is 20.0 Å². The number of hydrogen-bond acceptors (Lipinski definition) is 5. The average molecular weight is 399 g/mol. The monoisotopic (exact) mass is 399 g/mol. The number of piperazine rings is 1. The molecule has 26 heavy (non-hydrogen) atoms. The first-order valence-corrected chi connectivity index (χ1v) is 10.8. The Balaban J connectivity index is 1.80. The van der Waals surface area contributed by atoms with Gasteiger partial charge in [0.25, 0.3) is 0 Å². The largest absolute Gasteiger partial charge is 0.367 e. The molecule has 7 nitrogen and oxygen atoms in total. The van der Waals surface area contributed by atoms with Crippen molar-refractivity contribution in [1.29, 1.82) is 0 Å². The lowest BCUT2D eigenvalue weighted by Crippen LogP contribution is -2.48. The quantitative estimate of drug-likeness (QED) is 0.826. The van der Waals surface area contributed by atoms with Gasteiger partial charge < -0.3 is 4.90 Å². The first-order valence-electron chi connectivity index (χ1n) is 7.82. The van der Waals surface area contributed by atoms with E-state index in [0.29, 0.717) is 18.8 Å². The van der Waals surface area contributed by atoms with E-state index in [9.17, 15) is 21.2 Å². The summed E-state index contributed by atoms with van der Waals surface area (Å²) in [6.07, 6.45) is 0. The van der Waals surface area contributed by atoms with Crippen molar-refractivity contribution >= 4 is 25.7 Å². The van der Waals surface area contributed by atoms with E-state index >= 15 is 0 Å². The molecule has 0 spiro atoms. The molecule has 2 N–H and O–H groups in total. The van der Waals surface area contributed by atoms with Gasteiger partial charge in [-0.1, -0.05) is 18.2 Å². The molecule has 2 aromatic rings. The van der Waals surface area contributed by atoms with Gasteiger partial charge >= 0.3 is 0 Å². The third-order valence-electron chi connectivity index (χ3n) is 4.20. The molecule has 1 aliphatic rings. The number of primary sulfonamides is 1. The number of hydrogen-bond donors (Lipinski definition) is 1. The predicted octanol–water partition coefficient (Wildman–Crippen LogP) is 0.984. The van der Waals surface area contributed by atoms with Crippen molar-refractivity contribution in [3.63, 3.8) is 0 Å². The van der Waals surface area contributed by atoms with E-state index in [1.54, 1.807) is 23.1 Å². The van der Waals surface area contributed by atoms with Crippen molar-refractivity contribution in [3.8, 4) is 0 Å². The lowest BCUT2D eigenvalue weighted by molar-refractivity contribution is 0.383. The Morgan fingerprint density at radius 2 is 1.46 bits per heavy atom. The van der Waals surface area contributed by atoms with E-state index in [1.165, 1.54) is 28.6 Å². The van der Waals surface area contributed by atoms with E-state index in [-0.39, 0.29) is 28.7 Å². The van der Waals surface area contributed by atoms with E-state index in [2.05, 4.69) is 0 Å². The molecule has 0 unspecified atom stereocenters. The number of rotatable bonds is 4. The van der Waals surface area contributed by atoms with Gasteiger partial charge in [-0.15, -0.1) is 0 Å². The maximum absolute atomic E-state index is 13.9. The van der Waals surface area contributed by atoms with Gasteiger partial charge in [-0.3, -0.25) is 0 Å². The fourth-order valence-electron chi connectivity index (χ4n) is 2.84. The van der Waals surface area contributed by atoms with Gasteiger partial charge in [-0.05, 0) is 30.3 Å². The summed E-state index contributed by atoms with van der Waals surface area (Å²) in [6, 6.07) is 11.3. The summed E-state index contributed by atoms with van der Waals surface area (Å²) in [5, 5.41) is 5.07. The third-order valence-corrected chi connectivity index (χ3v) is 7.01. The molecule has 3 rings (SSSR count). The van der Waals surface area contributed by atoms with Crippen LogP contribution in [0.15, 0.2) is 58.3 Å². The lowest BCUT2D eigenvalue weighted by atomic mass is 10.2. The topological polar surface area (TPSA) is 101 Å². The molecule has 1 heterocycles. The first-order chi connectivity index (χ1) is 12.2. The molecule has 0 bridgehead atoms. The second-order valence-electron chi connectivity index (χ2n) is 5.86. The SMILES string of the molecule is NS(=O)(=O)c1cccc(S(=O)(=O)N2CCN(c3ccccc3F)CC2)c1. The highest BCUT2D eigenvalue weighted by atomic mass is 32.2. The Hall–Kier alpha value is -2.01. The molecule has 140 valence electrons. The van der Waals surface area contributed by atoms with Crippen LogP contribution in [0.1, 0.15) is 0 Å². The lowest BCUT2D eigenvalue weighted by Gasteiger charge is -2.35. The normalized spacial score (nSPS) is 16.6. The summed E-state index contributed by atoms with van der Waals surface area (Å²) in [5.41, 5.74) is 0.431. The molecule has 1 fully saturated rings. The second-order valence-corrected chi connectivity index (χ2v) is 9.36. The van der Waals surface area contributed by atoms with Crippen molar-refractivity contribution in [2.75, 3.05) is 31.1 Å². The predicted molar refractivity (Wildman–Crippen MR) is 95.2 cm³/mol. The van der Waals surface area contributed by atoms with E-state index in [0.717, 1.165) is 6.07 Å². The van der Waals surface area contributed by atoms with Gasteiger partial charge in [0, 0.05) is 26.2 Å². The number of sulfonamides is 2. The number of anilines is 1. The summed E-state index contributed by atoms with van der Waals surface area (Å²) >= 11 is 0. The molecular formula is C16H18FN3O4S2. The fourth-order valence-corrected chi connectivity index (χ4v) is 4.94. The number of halogens is 1. The minimum absolute atomic E-state index is 0.136. The molecule has 0 aliphatic carbocycles. The zero-order valence-corrected chi connectivity index (χ0v) is 15.4. The number of benzene rings is 2. The maximum Gasteiger partial charge on any atom is 0.243 e. The van der Waals surface area contributed by atoms with Gasteiger partial charge in [0.1, 0.15) is 5.82 Å². The second kappa shape index (κ2) is 6.95. The molecule has 0 aromatic heterocycles. The zero-order chi connectivity index (χ0) is 18.9. The van der Waals surface area contributed by atoms with E-state index in [1.807, 2.05) is 0 Å². The Kier molecular flexibility index (Phi) is 5.02. The average Bonchev–Trinajstić information content (AvgIpc) is 2.62. The van der Waals surface area contributed by atoms with Gasteiger partial charge in [0.2, 0.25) is 20.0 Å². The van der Waals surface area contributed by atoms with Crippen LogP contribution in [0.2, 0.25) is 0 Å². The number of nitrogens with zero attached hydrogens (tertiary/aromatic N) is 2. The van der Waals surface area contributed by atoms with Gasteiger partial charge in [0.05, 0.1) is 15.5 Å². The Morgan fingerprint density at radius 3 is 2.08 bits per heavy atom. The Morgan fingerprint density at radius 1 is 0.846 bits per heavy atom. The highest BCUT2D eigenvalue weighted by Gasteiger charge is 2.29. The molecule has 0 atom stereocenters. The van der Waals surface area contributed by atoms with Crippen LogP contribution in [0.3, 0.4) is 0 Å². The zero-order valence-electron chi connectivity index (χ0n) is 13.7. The Labute approximate surface area is 151 Å². The van der Waals surface area contributed by atoms with Crippen molar-refractivity contribution < 1.29 is 21.2 Å². The van der Waals surface area contributed by atoms with Crippen LogP contribution in [0.25, 0.3) is 0 Å². The summed E-state index contributed by atoms with van der Waals surface area (Å²) in [7, 11) is -7.87. The summed E-state index contributed by atoms with van der Waals surface area (Å²) in [6.45, 7) is 0.983. The first kappa shape index (κ1) is 18.8. The molecule has 2 aromatic carbocycles. The van der Waals surface area contributed by atoms with Crippen LogP contribution >= 0.6 is 0 Å². The van der Waals surface area contributed by atoms with Crippen molar-refractivity contribution in [1.82, 2.24) is 4.31 Å². The van der Waals surface area contributed by atoms with Crippen molar-refractivity contribution in [2.24, 2.45) is 5.14 Å². The highest BCUT2D eigenvalue weighted by Crippen LogP contribution is 2.24. The van der Waals surface area contributed by atoms with Crippen molar-refractivity contribution in [2.45, 2.75) is 9.79 Å². The van der Waals surface area contributed by atoms with E-state index in [4.69, 9.17) is 5.14 Å². The Bertz CT molecular complexity index is 1020. The van der Waals surface area contributed by atoms with Gasteiger partial charge in [0.15, 0.2) is 0 Å². The van der Waals surface area contributed by atoms with Crippen LogP contribution in [0.5, 0.6) is 0 Å².